The molecule has 0 bridgehead atoms. The van der Waals surface area contributed by atoms with E-state index in [4.69, 9.17) is 9.26 Å². The summed E-state index contributed by atoms with van der Waals surface area (Å²) in [6.07, 6.45) is 2.43. The van der Waals surface area contributed by atoms with Crippen LogP contribution < -0.4 is 5.32 Å². The molecule has 1 atom stereocenters. The molecule has 0 amide bonds. The monoisotopic (exact) mass is 260 g/mol. The maximum atomic E-state index is 5.40. The number of pyridine rings is 1. The first-order chi connectivity index (χ1) is 9.31. The lowest BCUT2D eigenvalue weighted by molar-refractivity contribution is 0.0744. The SMILES string of the molecule is Cc1ccnc(-c2noc(CC3COCCN3)n2)c1. The van der Waals surface area contributed by atoms with Crippen molar-refractivity contribution in [3.05, 3.63) is 29.8 Å². The second-order valence-corrected chi connectivity index (χ2v) is 4.66. The van der Waals surface area contributed by atoms with E-state index in [-0.39, 0.29) is 6.04 Å². The summed E-state index contributed by atoms with van der Waals surface area (Å²) >= 11 is 0. The van der Waals surface area contributed by atoms with E-state index in [0.29, 0.717) is 24.7 Å². The van der Waals surface area contributed by atoms with E-state index in [0.717, 1.165) is 24.4 Å². The highest BCUT2D eigenvalue weighted by molar-refractivity contribution is 5.48. The summed E-state index contributed by atoms with van der Waals surface area (Å²) < 4.78 is 10.7. The van der Waals surface area contributed by atoms with E-state index < -0.39 is 0 Å². The van der Waals surface area contributed by atoms with Crippen LogP contribution in [0.4, 0.5) is 0 Å². The van der Waals surface area contributed by atoms with E-state index >= 15 is 0 Å². The highest BCUT2D eigenvalue weighted by atomic mass is 16.5. The van der Waals surface area contributed by atoms with Crippen molar-refractivity contribution in [2.75, 3.05) is 19.8 Å². The maximum Gasteiger partial charge on any atom is 0.228 e. The van der Waals surface area contributed by atoms with Gasteiger partial charge in [0.2, 0.25) is 11.7 Å². The Hall–Kier alpha value is -1.79. The average Bonchev–Trinajstić information content (AvgIpc) is 2.88. The third-order valence-corrected chi connectivity index (χ3v) is 3.03. The van der Waals surface area contributed by atoms with Crippen molar-refractivity contribution in [1.29, 1.82) is 0 Å². The minimum Gasteiger partial charge on any atom is -0.378 e. The van der Waals surface area contributed by atoms with E-state index in [1.807, 2.05) is 19.1 Å². The second kappa shape index (κ2) is 5.46. The minimum atomic E-state index is 0.243. The van der Waals surface area contributed by atoms with Gasteiger partial charge in [-0.05, 0) is 24.6 Å². The van der Waals surface area contributed by atoms with Gasteiger partial charge in [0, 0.05) is 25.2 Å². The highest BCUT2D eigenvalue weighted by Gasteiger charge is 2.18. The molecule has 0 aliphatic carbocycles. The Morgan fingerprint density at radius 1 is 1.47 bits per heavy atom. The van der Waals surface area contributed by atoms with Gasteiger partial charge < -0.3 is 14.6 Å². The number of nitrogens with one attached hydrogen (secondary N) is 1. The summed E-state index contributed by atoms with van der Waals surface area (Å²) in [5.41, 5.74) is 1.86. The van der Waals surface area contributed by atoms with Crippen LogP contribution in [0.5, 0.6) is 0 Å². The standard InChI is InChI=1S/C13H16N4O2/c1-9-2-3-15-11(6-9)13-16-12(19-17-13)7-10-8-18-5-4-14-10/h2-3,6,10,14H,4-5,7-8H2,1H3. The molecule has 1 aliphatic heterocycles. The van der Waals surface area contributed by atoms with E-state index in [2.05, 4.69) is 20.4 Å². The first kappa shape index (κ1) is 12.3. The van der Waals surface area contributed by atoms with Crippen molar-refractivity contribution in [3.63, 3.8) is 0 Å². The molecule has 0 aromatic carbocycles. The molecule has 0 spiro atoms. The fourth-order valence-electron chi connectivity index (χ4n) is 2.06. The molecular weight excluding hydrogens is 244 g/mol. The van der Waals surface area contributed by atoms with Gasteiger partial charge in [-0.15, -0.1) is 0 Å². The number of ether oxygens (including phenoxy) is 1. The van der Waals surface area contributed by atoms with Crippen LogP contribution in [-0.2, 0) is 11.2 Å². The van der Waals surface area contributed by atoms with E-state index in [1.165, 1.54) is 0 Å². The molecule has 0 saturated carbocycles. The van der Waals surface area contributed by atoms with Crippen LogP contribution in [0.3, 0.4) is 0 Å². The van der Waals surface area contributed by atoms with Gasteiger partial charge in [-0.25, -0.2) is 0 Å². The lowest BCUT2D eigenvalue weighted by Crippen LogP contribution is -2.42. The molecule has 0 radical (unpaired) electrons. The van der Waals surface area contributed by atoms with Crippen LogP contribution in [0.1, 0.15) is 11.5 Å². The molecule has 1 N–H and O–H groups in total. The number of rotatable bonds is 3. The third kappa shape index (κ3) is 2.97. The van der Waals surface area contributed by atoms with Gasteiger partial charge in [-0.1, -0.05) is 5.16 Å². The number of hydrogen-bond acceptors (Lipinski definition) is 6. The Bertz CT molecular complexity index is 549. The topological polar surface area (TPSA) is 73.1 Å². The van der Waals surface area contributed by atoms with Gasteiger partial charge in [0.1, 0.15) is 5.69 Å². The van der Waals surface area contributed by atoms with Gasteiger partial charge in [0.05, 0.1) is 13.2 Å². The van der Waals surface area contributed by atoms with Crippen molar-refractivity contribution in [3.8, 4) is 11.5 Å². The Morgan fingerprint density at radius 2 is 2.42 bits per heavy atom. The molecule has 1 unspecified atom stereocenters. The zero-order valence-corrected chi connectivity index (χ0v) is 10.8. The van der Waals surface area contributed by atoms with Gasteiger partial charge in [-0.2, -0.15) is 4.98 Å². The molecule has 1 aliphatic rings. The summed E-state index contributed by atoms with van der Waals surface area (Å²) in [5.74, 6) is 1.15. The highest BCUT2D eigenvalue weighted by Crippen LogP contribution is 2.15. The van der Waals surface area contributed by atoms with Crippen LogP contribution in [0, 0.1) is 6.92 Å². The smallest absolute Gasteiger partial charge is 0.228 e. The zero-order valence-electron chi connectivity index (χ0n) is 10.8. The quantitative estimate of drug-likeness (QED) is 0.886. The molecule has 1 fully saturated rings. The first-order valence-corrected chi connectivity index (χ1v) is 6.38. The van der Waals surface area contributed by atoms with Crippen molar-refractivity contribution in [2.45, 2.75) is 19.4 Å². The number of aromatic nitrogens is 3. The molecule has 3 heterocycles. The van der Waals surface area contributed by atoms with Crippen molar-refractivity contribution in [1.82, 2.24) is 20.4 Å². The van der Waals surface area contributed by atoms with E-state index in [1.54, 1.807) is 6.20 Å². The summed E-state index contributed by atoms with van der Waals surface area (Å²) in [5, 5.41) is 7.33. The molecule has 2 aromatic rings. The van der Waals surface area contributed by atoms with Crippen LogP contribution in [0.15, 0.2) is 22.9 Å². The van der Waals surface area contributed by atoms with Crippen molar-refractivity contribution < 1.29 is 9.26 Å². The maximum absolute atomic E-state index is 5.40. The fraction of sp³-hybridized carbons (Fsp3) is 0.462. The molecular formula is C13H16N4O2. The normalized spacial score (nSPS) is 19.5. The summed E-state index contributed by atoms with van der Waals surface area (Å²) in [4.78, 5) is 8.62. The predicted octanol–water partition coefficient (Wildman–Crippen LogP) is 0.971. The Kier molecular flexibility index (Phi) is 3.52. The van der Waals surface area contributed by atoms with Crippen LogP contribution in [-0.4, -0.2) is 40.9 Å². The van der Waals surface area contributed by atoms with Gasteiger partial charge >= 0.3 is 0 Å². The molecule has 6 heteroatoms. The largest absolute Gasteiger partial charge is 0.378 e. The van der Waals surface area contributed by atoms with Crippen LogP contribution >= 0.6 is 0 Å². The first-order valence-electron chi connectivity index (χ1n) is 6.38. The number of nitrogens with zero attached hydrogens (tertiary/aromatic N) is 3. The number of hydrogen-bond donors (Lipinski definition) is 1. The van der Waals surface area contributed by atoms with E-state index in [9.17, 15) is 0 Å². The predicted molar refractivity (Wildman–Crippen MR) is 68.6 cm³/mol. The Balaban J connectivity index is 1.72. The van der Waals surface area contributed by atoms with Crippen LogP contribution in [0.25, 0.3) is 11.5 Å². The second-order valence-electron chi connectivity index (χ2n) is 4.66. The molecule has 6 nitrogen and oxygen atoms in total. The fourth-order valence-corrected chi connectivity index (χ4v) is 2.06. The average molecular weight is 260 g/mol. The number of aryl methyl sites for hydroxylation is 1. The third-order valence-electron chi connectivity index (χ3n) is 3.03. The van der Waals surface area contributed by atoms with Crippen molar-refractivity contribution >= 4 is 0 Å². The summed E-state index contributed by atoms with van der Waals surface area (Å²) in [7, 11) is 0. The molecule has 19 heavy (non-hydrogen) atoms. The van der Waals surface area contributed by atoms with Crippen molar-refractivity contribution in [2.24, 2.45) is 0 Å². The van der Waals surface area contributed by atoms with Gasteiger partial charge in [0.15, 0.2) is 0 Å². The lowest BCUT2D eigenvalue weighted by Gasteiger charge is -2.22. The van der Waals surface area contributed by atoms with Crippen LogP contribution in [0.2, 0.25) is 0 Å². The van der Waals surface area contributed by atoms with Gasteiger partial charge in [-0.3, -0.25) is 4.98 Å². The molecule has 2 aromatic heterocycles. The molecule has 3 rings (SSSR count). The minimum absolute atomic E-state index is 0.243. The molecule has 1 saturated heterocycles. The Labute approximate surface area is 111 Å². The summed E-state index contributed by atoms with van der Waals surface area (Å²) in [6.45, 7) is 4.32. The van der Waals surface area contributed by atoms with Gasteiger partial charge in [0.25, 0.3) is 0 Å². The summed E-state index contributed by atoms with van der Waals surface area (Å²) in [6, 6.07) is 4.12. The number of morpholine rings is 1. The molecule has 100 valence electrons. The Morgan fingerprint density at radius 3 is 3.21 bits per heavy atom. The zero-order chi connectivity index (χ0) is 13.1. The lowest BCUT2D eigenvalue weighted by atomic mass is 10.2.